The van der Waals surface area contributed by atoms with Gasteiger partial charge in [-0.25, -0.2) is 4.98 Å². The average molecular weight is 399 g/mol. The van der Waals surface area contributed by atoms with E-state index in [1.807, 2.05) is 54.7 Å². The molecule has 0 spiro atoms. The summed E-state index contributed by atoms with van der Waals surface area (Å²) in [4.78, 5) is 24.9. The number of anilines is 1. The van der Waals surface area contributed by atoms with Crippen LogP contribution < -0.4 is 5.32 Å². The van der Waals surface area contributed by atoms with Crippen LogP contribution in [0.4, 0.5) is 5.69 Å². The maximum atomic E-state index is 12.7. The number of aromatic amines is 1. The van der Waals surface area contributed by atoms with Crippen molar-refractivity contribution in [2.45, 2.75) is 0 Å². The minimum atomic E-state index is -0.195. The fraction of sp³-hybridized carbons (Fsp3) is 0. The zero-order valence-electron chi connectivity index (χ0n) is 15.2. The third-order valence-electron chi connectivity index (χ3n) is 4.77. The lowest BCUT2D eigenvalue weighted by Gasteiger charge is -2.10. The molecule has 0 aliphatic heterocycles. The van der Waals surface area contributed by atoms with Crippen molar-refractivity contribution in [3.05, 3.63) is 89.7 Å². The minimum absolute atomic E-state index is 0.195. The van der Waals surface area contributed by atoms with Crippen molar-refractivity contribution in [1.82, 2.24) is 15.0 Å². The lowest BCUT2D eigenvalue weighted by molar-refractivity contribution is 0.102. The highest BCUT2D eigenvalue weighted by molar-refractivity contribution is 6.33. The Labute approximate surface area is 171 Å². The summed E-state index contributed by atoms with van der Waals surface area (Å²) in [7, 11) is 0. The number of aromatic nitrogens is 3. The Kier molecular flexibility index (Phi) is 4.22. The molecule has 1 amide bonds. The van der Waals surface area contributed by atoms with E-state index in [0.717, 1.165) is 21.9 Å². The second-order valence-corrected chi connectivity index (χ2v) is 7.08. The molecule has 2 N–H and O–H groups in total. The number of carbonyl (C=O) groups is 1. The van der Waals surface area contributed by atoms with Gasteiger partial charge in [-0.15, -0.1) is 0 Å². The molecule has 0 radical (unpaired) electrons. The highest BCUT2D eigenvalue weighted by Crippen LogP contribution is 2.30. The molecule has 6 heteroatoms. The van der Waals surface area contributed by atoms with Gasteiger partial charge in [0.05, 0.1) is 27.9 Å². The van der Waals surface area contributed by atoms with E-state index in [1.165, 1.54) is 0 Å². The first-order valence-corrected chi connectivity index (χ1v) is 9.45. The molecule has 29 heavy (non-hydrogen) atoms. The Hall–Kier alpha value is -3.70. The zero-order valence-corrected chi connectivity index (χ0v) is 15.9. The number of rotatable bonds is 3. The van der Waals surface area contributed by atoms with Crippen LogP contribution in [-0.2, 0) is 0 Å². The molecule has 0 saturated carbocycles. The molecule has 0 fully saturated rings. The zero-order chi connectivity index (χ0) is 19.8. The number of H-pyrrole nitrogens is 1. The maximum Gasteiger partial charge on any atom is 0.255 e. The molecule has 0 aliphatic carbocycles. The van der Waals surface area contributed by atoms with Crippen molar-refractivity contribution in [3.8, 4) is 11.3 Å². The Bertz CT molecular complexity index is 1380. The summed E-state index contributed by atoms with van der Waals surface area (Å²) in [6.45, 7) is 0. The number of fused-ring (bicyclic) bond motifs is 2. The fourth-order valence-corrected chi connectivity index (χ4v) is 3.49. The second kappa shape index (κ2) is 7.04. The first-order chi connectivity index (χ1) is 14.2. The molecule has 0 atom stereocenters. The summed E-state index contributed by atoms with van der Waals surface area (Å²) in [6, 6.07) is 20.5. The van der Waals surface area contributed by atoms with Gasteiger partial charge in [0, 0.05) is 28.5 Å². The van der Waals surface area contributed by atoms with E-state index in [-0.39, 0.29) is 5.91 Å². The number of halogens is 1. The van der Waals surface area contributed by atoms with Crippen molar-refractivity contribution >= 4 is 45.1 Å². The Morgan fingerprint density at radius 3 is 2.72 bits per heavy atom. The van der Waals surface area contributed by atoms with Crippen molar-refractivity contribution in [1.29, 1.82) is 0 Å². The topological polar surface area (TPSA) is 70.7 Å². The van der Waals surface area contributed by atoms with Crippen molar-refractivity contribution in [2.24, 2.45) is 0 Å². The van der Waals surface area contributed by atoms with Crippen molar-refractivity contribution < 1.29 is 4.79 Å². The predicted molar refractivity (Wildman–Crippen MR) is 116 cm³/mol. The van der Waals surface area contributed by atoms with Crippen LogP contribution in [0.15, 0.2) is 79.1 Å². The van der Waals surface area contributed by atoms with Crippen molar-refractivity contribution in [2.75, 3.05) is 5.32 Å². The minimum Gasteiger partial charge on any atom is -0.361 e. The number of hydrogen-bond donors (Lipinski definition) is 2. The van der Waals surface area contributed by atoms with E-state index in [0.29, 0.717) is 27.5 Å². The highest BCUT2D eigenvalue weighted by Gasteiger charge is 2.12. The monoisotopic (exact) mass is 398 g/mol. The van der Waals surface area contributed by atoms with E-state index in [1.54, 1.807) is 24.4 Å². The molecule has 0 aliphatic rings. The smallest absolute Gasteiger partial charge is 0.255 e. The average Bonchev–Trinajstić information content (AvgIpc) is 3.22. The molecule has 0 saturated heterocycles. The third-order valence-corrected chi connectivity index (χ3v) is 5.10. The first-order valence-electron chi connectivity index (χ1n) is 9.07. The molecular formula is C23H15ClN4O. The predicted octanol–water partition coefficient (Wildman–Crippen LogP) is 5.68. The summed E-state index contributed by atoms with van der Waals surface area (Å²) in [5.74, 6) is -0.195. The van der Waals surface area contributed by atoms with Gasteiger partial charge in [0.15, 0.2) is 0 Å². The van der Waals surface area contributed by atoms with Gasteiger partial charge in [-0.1, -0.05) is 29.8 Å². The number of amides is 1. The van der Waals surface area contributed by atoms with Crippen LogP contribution in [0, 0.1) is 0 Å². The second-order valence-electron chi connectivity index (χ2n) is 6.67. The largest absolute Gasteiger partial charge is 0.361 e. The summed E-state index contributed by atoms with van der Waals surface area (Å²) in [6.07, 6.45) is 3.54. The van der Waals surface area contributed by atoms with Crippen LogP contribution in [0.3, 0.4) is 0 Å². The summed E-state index contributed by atoms with van der Waals surface area (Å²) in [5, 5.41) is 4.53. The van der Waals surface area contributed by atoms with Gasteiger partial charge in [-0.2, -0.15) is 0 Å². The first kappa shape index (κ1) is 17.4. The summed E-state index contributed by atoms with van der Waals surface area (Å²) >= 11 is 6.40. The van der Waals surface area contributed by atoms with Gasteiger partial charge in [0.25, 0.3) is 5.91 Å². The molecule has 3 aromatic carbocycles. The lowest BCUT2D eigenvalue weighted by atomic mass is 10.1. The number of nitrogens with zero attached hydrogens (tertiary/aromatic N) is 2. The van der Waals surface area contributed by atoms with Crippen molar-refractivity contribution in [3.63, 3.8) is 0 Å². The molecular weight excluding hydrogens is 384 g/mol. The van der Waals surface area contributed by atoms with Gasteiger partial charge in [-0.05, 0) is 53.9 Å². The molecule has 0 unspecified atom stereocenters. The lowest BCUT2D eigenvalue weighted by Crippen LogP contribution is -2.11. The van der Waals surface area contributed by atoms with Crippen LogP contribution in [-0.4, -0.2) is 20.9 Å². The number of hydrogen-bond acceptors (Lipinski definition) is 3. The molecule has 5 aromatic rings. The number of para-hydroxylation sites is 2. The van der Waals surface area contributed by atoms with Crippen LogP contribution >= 0.6 is 11.6 Å². The number of nitrogens with one attached hydrogen (secondary N) is 2. The van der Waals surface area contributed by atoms with E-state index >= 15 is 0 Å². The van der Waals surface area contributed by atoms with Crippen LogP contribution in [0.25, 0.3) is 33.2 Å². The van der Waals surface area contributed by atoms with Crippen LogP contribution in [0.2, 0.25) is 5.02 Å². The quantitative estimate of drug-likeness (QED) is 0.410. The van der Waals surface area contributed by atoms with Gasteiger partial charge in [0.1, 0.15) is 0 Å². The Morgan fingerprint density at radius 2 is 1.83 bits per heavy atom. The van der Waals surface area contributed by atoms with E-state index < -0.39 is 0 Å². The number of carbonyl (C=O) groups excluding carboxylic acids is 1. The van der Waals surface area contributed by atoms with E-state index in [4.69, 9.17) is 11.6 Å². The maximum absolute atomic E-state index is 12.7. The molecule has 5 rings (SSSR count). The van der Waals surface area contributed by atoms with E-state index in [9.17, 15) is 4.79 Å². The molecule has 2 heterocycles. The SMILES string of the molecule is O=C(Nc1ccc(Cl)c(-c2cnc3ccccc3n2)c1)c1ccc2cc[nH]c2c1. The van der Waals surface area contributed by atoms with E-state index in [2.05, 4.69) is 20.3 Å². The fourth-order valence-electron chi connectivity index (χ4n) is 3.28. The molecule has 0 bridgehead atoms. The molecule has 5 nitrogen and oxygen atoms in total. The Morgan fingerprint density at radius 1 is 0.966 bits per heavy atom. The normalized spacial score (nSPS) is 11.1. The van der Waals surface area contributed by atoms with Crippen LogP contribution in [0.5, 0.6) is 0 Å². The summed E-state index contributed by atoms with van der Waals surface area (Å²) in [5.41, 5.74) is 5.09. The standard InChI is InChI=1S/C23H15ClN4O/c24-18-8-7-16(27-23(29)15-6-5-14-9-10-25-21(14)11-15)12-17(18)22-13-26-19-3-1-2-4-20(19)28-22/h1-13,25H,(H,27,29). The van der Waals surface area contributed by atoms with Gasteiger partial charge < -0.3 is 10.3 Å². The Balaban J connectivity index is 1.47. The van der Waals surface area contributed by atoms with Gasteiger partial charge >= 0.3 is 0 Å². The van der Waals surface area contributed by atoms with Crippen LogP contribution in [0.1, 0.15) is 10.4 Å². The third kappa shape index (κ3) is 3.32. The number of benzene rings is 3. The summed E-state index contributed by atoms with van der Waals surface area (Å²) < 4.78 is 0. The molecule has 140 valence electrons. The van der Waals surface area contributed by atoms with Gasteiger partial charge in [-0.3, -0.25) is 9.78 Å². The van der Waals surface area contributed by atoms with Gasteiger partial charge in [0.2, 0.25) is 0 Å². The molecule has 2 aromatic heterocycles. The highest BCUT2D eigenvalue weighted by atomic mass is 35.5.